The van der Waals surface area contributed by atoms with E-state index < -0.39 is 0 Å². The number of nitrogens with zero attached hydrogens (tertiary/aromatic N) is 1. The minimum absolute atomic E-state index is 0. The Hall–Kier alpha value is -0.0000000000000000555. The first kappa shape index (κ1) is 9.00. The van der Waals surface area contributed by atoms with Gasteiger partial charge >= 0.3 is 0 Å². The molecular formula is CClNS-2. The Morgan fingerprint density at radius 1 is 1.75 bits per heavy atom. The first-order valence-corrected chi connectivity index (χ1v) is 0.836. The number of halogens is 1. The molecule has 0 N–H and O–H groups in total. The maximum Gasteiger partial charge on any atom is -0.0797 e. The molecule has 4 heavy (non-hydrogen) atoms. The molecule has 0 saturated carbocycles. The predicted molar refractivity (Wildman–Crippen MR) is 13.0 cm³/mol. The summed E-state index contributed by atoms with van der Waals surface area (Å²) in [6.07, 6.45) is 0. The molecule has 0 rings (SSSR count). The SMILES string of the molecule is N#C[S-].[Cl-]. The van der Waals surface area contributed by atoms with Crippen molar-refractivity contribution >= 4 is 12.6 Å². The molecule has 0 aliphatic carbocycles. The molecule has 3 heteroatoms. The smallest absolute Gasteiger partial charge is 0.0797 e. The second-order valence-corrected chi connectivity index (χ2v) is 0.274. The maximum absolute atomic E-state index is 7.13. The molecule has 0 amide bonds. The van der Waals surface area contributed by atoms with Crippen LogP contribution >= 0.6 is 0 Å². The minimum Gasteiger partial charge on any atom is -1.00 e. The Morgan fingerprint density at radius 2 is 1.75 bits per heavy atom. The van der Waals surface area contributed by atoms with E-state index in [1.54, 1.807) is 0 Å². The van der Waals surface area contributed by atoms with Crippen LogP contribution in [0.4, 0.5) is 0 Å². The quantitative estimate of drug-likeness (QED) is 0.236. The average Bonchev–Trinajstić information content (AvgIpc) is 0.918. The predicted octanol–water partition coefficient (Wildman–Crippen LogP) is -2.98. The third-order valence-corrected chi connectivity index (χ3v) is 0. The minimum atomic E-state index is 0. The van der Waals surface area contributed by atoms with E-state index in [9.17, 15) is 0 Å². The van der Waals surface area contributed by atoms with Gasteiger partial charge in [0, 0.05) is 0 Å². The van der Waals surface area contributed by atoms with E-state index in [0.717, 1.165) is 0 Å². The summed E-state index contributed by atoms with van der Waals surface area (Å²) in [5.41, 5.74) is 0. The fourth-order valence-corrected chi connectivity index (χ4v) is 0. The Morgan fingerprint density at radius 3 is 1.75 bits per heavy atom. The molecule has 0 fully saturated rings. The Balaban J connectivity index is 0. The van der Waals surface area contributed by atoms with Crippen molar-refractivity contribution in [3.8, 4) is 5.40 Å². The van der Waals surface area contributed by atoms with Gasteiger partial charge in [0.25, 0.3) is 0 Å². The number of thiocyanates is 1. The lowest BCUT2D eigenvalue weighted by atomic mass is 11.8. The van der Waals surface area contributed by atoms with Gasteiger partial charge in [-0.25, -0.2) is 5.26 Å². The van der Waals surface area contributed by atoms with Gasteiger partial charge in [-0.3, -0.25) is 0 Å². The molecule has 0 aliphatic rings. The van der Waals surface area contributed by atoms with Gasteiger partial charge in [0.05, 0.1) is 0 Å². The van der Waals surface area contributed by atoms with E-state index in [2.05, 4.69) is 12.6 Å². The van der Waals surface area contributed by atoms with Crippen LogP contribution in [0.2, 0.25) is 0 Å². The summed E-state index contributed by atoms with van der Waals surface area (Å²) < 4.78 is 0. The number of nitriles is 1. The molecule has 0 aromatic rings. The first-order chi connectivity index (χ1) is 1.41. The third kappa shape index (κ3) is 648999999999999968713550176714752. The van der Waals surface area contributed by atoms with Crippen LogP contribution in [0.25, 0.3) is 0 Å². The second kappa shape index (κ2) is 12.0. The van der Waals surface area contributed by atoms with Crippen molar-refractivity contribution in [2.24, 2.45) is 0 Å². The first-order valence-electron chi connectivity index (χ1n) is 0.428. The Kier molecular flexibility index (Phi) is 27.0. The summed E-state index contributed by atoms with van der Waals surface area (Å²) in [4.78, 5) is 0. The molecule has 0 saturated heterocycles. The molecule has 0 bridgehead atoms. The van der Waals surface area contributed by atoms with Gasteiger partial charge in [0.2, 0.25) is 0 Å². The highest BCUT2D eigenvalue weighted by Gasteiger charge is 0.867. The zero-order valence-electron chi connectivity index (χ0n) is 1.73. The van der Waals surface area contributed by atoms with Gasteiger partial charge in [0.15, 0.2) is 0 Å². The Bertz CT molecular complexity index is 29.5. The summed E-state index contributed by atoms with van der Waals surface area (Å²) in [7, 11) is 0. The highest BCUT2D eigenvalue weighted by atomic mass is 35.5. The summed E-state index contributed by atoms with van der Waals surface area (Å²) >= 11 is 3.70. The highest BCUT2D eigenvalue weighted by molar-refractivity contribution is 7.64. The van der Waals surface area contributed by atoms with E-state index in [4.69, 9.17) is 5.26 Å². The number of rotatable bonds is 0. The van der Waals surface area contributed by atoms with Crippen LogP contribution in [0, 0.1) is 10.7 Å². The molecule has 0 atom stereocenters. The summed E-state index contributed by atoms with van der Waals surface area (Å²) in [5.74, 6) is 0. The molecule has 0 unspecified atom stereocenters. The standard InChI is InChI=1S/CHNS.ClH/c2-1-3;/h3H;1H/p-2. The van der Waals surface area contributed by atoms with Gasteiger partial charge in [-0.05, 0) is 0 Å². The lowest BCUT2D eigenvalue weighted by Crippen LogP contribution is -3.00. The normalized spacial score (nSPS) is 1.75. The van der Waals surface area contributed by atoms with E-state index >= 15 is 0 Å². The summed E-state index contributed by atoms with van der Waals surface area (Å²) in [6.45, 7) is 0. The van der Waals surface area contributed by atoms with Crippen LogP contribution in [0.3, 0.4) is 0 Å². The molecule has 1 nitrogen and oxygen atoms in total. The molecule has 0 spiro atoms. The summed E-state index contributed by atoms with van der Waals surface area (Å²) in [6, 6.07) is 0. The van der Waals surface area contributed by atoms with Crippen molar-refractivity contribution < 1.29 is 12.4 Å². The Labute approximate surface area is 36.4 Å². The van der Waals surface area contributed by atoms with E-state index in [-0.39, 0.29) is 12.4 Å². The van der Waals surface area contributed by atoms with Gasteiger partial charge in [-0.2, -0.15) is 0 Å². The van der Waals surface area contributed by atoms with Gasteiger partial charge in [-0.15, -0.1) is 0 Å². The highest BCUT2D eigenvalue weighted by Crippen LogP contribution is 1.16. The molecule has 0 aromatic carbocycles. The topological polar surface area (TPSA) is 23.8 Å². The zero-order chi connectivity index (χ0) is 2.71. The molecule has 0 aliphatic heterocycles. The van der Waals surface area contributed by atoms with Crippen molar-refractivity contribution in [2.45, 2.75) is 0 Å². The monoisotopic (exact) mass is 92.9 g/mol. The van der Waals surface area contributed by atoms with E-state index in [1.165, 1.54) is 5.40 Å². The van der Waals surface area contributed by atoms with Crippen molar-refractivity contribution in [3.05, 3.63) is 0 Å². The van der Waals surface area contributed by atoms with Gasteiger partial charge in [0.1, 0.15) is 0 Å². The lowest BCUT2D eigenvalue weighted by Gasteiger charge is -1.53. The maximum atomic E-state index is 7.13. The number of hydrogen-bond donors (Lipinski definition) is 0. The largest absolute Gasteiger partial charge is 1.00 e. The van der Waals surface area contributed by atoms with Crippen molar-refractivity contribution in [1.82, 2.24) is 0 Å². The molecule has 0 heterocycles. The second-order valence-electron chi connectivity index (χ2n) is 0.0913. The van der Waals surface area contributed by atoms with Crippen LogP contribution in [0.15, 0.2) is 0 Å². The lowest BCUT2D eigenvalue weighted by molar-refractivity contribution is -0.000000794. The molecular weight excluding hydrogens is 93.5 g/mol. The van der Waals surface area contributed by atoms with Gasteiger partial charge < -0.3 is 25.0 Å². The van der Waals surface area contributed by atoms with Crippen LogP contribution in [-0.2, 0) is 12.6 Å². The average molecular weight is 93.5 g/mol. The van der Waals surface area contributed by atoms with E-state index in [1.807, 2.05) is 0 Å². The fourth-order valence-electron chi connectivity index (χ4n) is 0. The number of hydrogen-bond acceptors (Lipinski definition) is 2. The van der Waals surface area contributed by atoms with E-state index in [0.29, 0.717) is 0 Å². The third-order valence-electron chi connectivity index (χ3n) is 0. The fraction of sp³-hybridized carbons (Fsp3) is 0. The summed E-state index contributed by atoms with van der Waals surface area (Å²) in [5, 5.41) is 8.47. The van der Waals surface area contributed by atoms with Gasteiger partial charge in [-0.1, -0.05) is 5.40 Å². The van der Waals surface area contributed by atoms with Crippen LogP contribution < -0.4 is 12.4 Å². The van der Waals surface area contributed by atoms with Crippen LogP contribution in [0.1, 0.15) is 0 Å². The van der Waals surface area contributed by atoms with Crippen molar-refractivity contribution in [3.63, 3.8) is 0 Å². The molecule has 24 valence electrons. The van der Waals surface area contributed by atoms with Crippen LogP contribution in [0.5, 0.6) is 0 Å². The van der Waals surface area contributed by atoms with Crippen LogP contribution in [-0.4, -0.2) is 0 Å². The zero-order valence-corrected chi connectivity index (χ0v) is 3.31. The van der Waals surface area contributed by atoms with Crippen molar-refractivity contribution in [2.75, 3.05) is 0 Å². The van der Waals surface area contributed by atoms with Crippen molar-refractivity contribution in [1.29, 1.82) is 5.26 Å². The molecule has 0 aromatic heterocycles. The molecule has 0 radical (unpaired) electrons.